The minimum absolute atomic E-state index is 0.0167. The highest BCUT2D eigenvalue weighted by Crippen LogP contribution is 2.42. The molecule has 1 N–H and O–H groups in total. The fourth-order valence-corrected chi connectivity index (χ4v) is 3.50. The van der Waals surface area contributed by atoms with Crippen LogP contribution in [-0.4, -0.2) is 30.1 Å². The predicted molar refractivity (Wildman–Crippen MR) is 86.1 cm³/mol. The Morgan fingerprint density at radius 2 is 1.59 bits per heavy atom. The summed E-state index contributed by atoms with van der Waals surface area (Å²) in [5.74, 6) is -0.323. The van der Waals surface area contributed by atoms with E-state index in [2.05, 4.69) is 11.9 Å². The average molecular weight is 299 g/mol. The molecule has 3 heteroatoms. The van der Waals surface area contributed by atoms with E-state index in [0.717, 1.165) is 31.5 Å². The Morgan fingerprint density at radius 3 is 2.23 bits per heavy atom. The molecule has 1 fully saturated rings. The highest BCUT2D eigenvalue weighted by molar-refractivity contribution is 5.38. The van der Waals surface area contributed by atoms with Gasteiger partial charge in [0, 0.05) is 5.56 Å². The summed E-state index contributed by atoms with van der Waals surface area (Å²) >= 11 is 0. The van der Waals surface area contributed by atoms with Crippen LogP contribution in [0.1, 0.15) is 24.0 Å². The molecule has 2 aromatic carbocycles. The van der Waals surface area contributed by atoms with Crippen molar-refractivity contribution in [1.29, 1.82) is 0 Å². The molecule has 0 spiro atoms. The smallest absolute Gasteiger partial charge is 0.129 e. The fourth-order valence-electron chi connectivity index (χ4n) is 3.50. The lowest BCUT2D eigenvalue weighted by Gasteiger charge is -2.41. The molecule has 1 atom stereocenters. The number of hydrogen-bond donors (Lipinski definition) is 1. The third-order valence-electron chi connectivity index (χ3n) is 4.81. The first-order chi connectivity index (χ1) is 10.6. The van der Waals surface area contributed by atoms with Crippen molar-refractivity contribution in [2.45, 2.75) is 18.4 Å². The number of aliphatic hydroxyl groups is 1. The molecule has 1 heterocycles. The Morgan fingerprint density at radius 1 is 1.00 bits per heavy atom. The molecule has 116 valence electrons. The van der Waals surface area contributed by atoms with E-state index in [0.29, 0.717) is 5.56 Å². The van der Waals surface area contributed by atoms with Crippen LogP contribution in [0.4, 0.5) is 4.39 Å². The third-order valence-corrected chi connectivity index (χ3v) is 4.81. The van der Waals surface area contributed by atoms with Crippen LogP contribution in [-0.2, 0) is 5.60 Å². The van der Waals surface area contributed by atoms with Crippen LogP contribution in [0.3, 0.4) is 0 Å². The zero-order valence-electron chi connectivity index (χ0n) is 12.9. The van der Waals surface area contributed by atoms with Crippen molar-refractivity contribution in [1.82, 2.24) is 4.90 Å². The monoisotopic (exact) mass is 299 g/mol. The topological polar surface area (TPSA) is 23.5 Å². The van der Waals surface area contributed by atoms with Crippen molar-refractivity contribution in [3.8, 4) is 0 Å². The molecule has 1 aliphatic rings. The summed E-state index contributed by atoms with van der Waals surface area (Å²) in [4.78, 5) is 2.25. The van der Waals surface area contributed by atoms with Crippen LogP contribution < -0.4 is 0 Å². The standard InChI is InChI=1S/C19H22FNO/c1-21-13-11-16(12-14-21)19(22,15-7-3-2-4-8-15)17-9-5-6-10-18(17)20/h2-10,16,22H,11-14H2,1H3. The maximum absolute atomic E-state index is 14.4. The van der Waals surface area contributed by atoms with Crippen LogP contribution >= 0.6 is 0 Å². The molecular formula is C19H22FNO. The van der Waals surface area contributed by atoms with Crippen molar-refractivity contribution < 1.29 is 9.50 Å². The van der Waals surface area contributed by atoms with Crippen molar-refractivity contribution >= 4 is 0 Å². The van der Waals surface area contributed by atoms with Gasteiger partial charge < -0.3 is 10.0 Å². The van der Waals surface area contributed by atoms with Gasteiger partial charge in [0.25, 0.3) is 0 Å². The summed E-state index contributed by atoms with van der Waals surface area (Å²) in [6, 6.07) is 16.1. The number of nitrogens with zero attached hydrogens (tertiary/aromatic N) is 1. The highest BCUT2D eigenvalue weighted by atomic mass is 19.1. The van der Waals surface area contributed by atoms with Gasteiger partial charge in [0.1, 0.15) is 11.4 Å². The normalized spacial score (nSPS) is 19.8. The average Bonchev–Trinajstić information content (AvgIpc) is 2.56. The number of rotatable bonds is 3. The van der Waals surface area contributed by atoms with E-state index in [1.807, 2.05) is 30.3 Å². The van der Waals surface area contributed by atoms with Gasteiger partial charge in [0.15, 0.2) is 0 Å². The van der Waals surface area contributed by atoms with Crippen LogP contribution in [0.25, 0.3) is 0 Å². The molecule has 1 unspecified atom stereocenters. The van der Waals surface area contributed by atoms with E-state index in [4.69, 9.17) is 0 Å². The van der Waals surface area contributed by atoms with Crippen LogP contribution in [0.2, 0.25) is 0 Å². The zero-order valence-corrected chi connectivity index (χ0v) is 12.9. The second-order valence-electron chi connectivity index (χ2n) is 6.19. The van der Waals surface area contributed by atoms with E-state index in [-0.39, 0.29) is 11.7 Å². The Labute approximate surface area is 131 Å². The molecule has 0 saturated carbocycles. The lowest BCUT2D eigenvalue weighted by Crippen LogP contribution is -2.43. The molecular weight excluding hydrogens is 277 g/mol. The van der Waals surface area contributed by atoms with Gasteiger partial charge in [-0.25, -0.2) is 4.39 Å². The zero-order chi connectivity index (χ0) is 15.6. The van der Waals surface area contributed by atoms with Gasteiger partial charge in [0.2, 0.25) is 0 Å². The molecule has 1 saturated heterocycles. The van der Waals surface area contributed by atoms with Crippen LogP contribution in [0, 0.1) is 11.7 Å². The lowest BCUT2D eigenvalue weighted by atomic mass is 9.72. The van der Waals surface area contributed by atoms with Crippen molar-refractivity contribution in [3.05, 3.63) is 71.5 Å². The summed E-state index contributed by atoms with van der Waals surface area (Å²) in [6.45, 7) is 1.85. The van der Waals surface area contributed by atoms with Gasteiger partial charge in [-0.1, -0.05) is 48.5 Å². The summed E-state index contributed by atoms with van der Waals surface area (Å²) in [6.07, 6.45) is 1.71. The molecule has 1 aliphatic heterocycles. The molecule has 2 aromatic rings. The molecule has 22 heavy (non-hydrogen) atoms. The predicted octanol–water partition coefficient (Wildman–Crippen LogP) is 3.40. The number of likely N-dealkylation sites (tertiary alicyclic amines) is 1. The molecule has 0 aliphatic carbocycles. The number of benzene rings is 2. The maximum Gasteiger partial charge on any atom is 0.129 e. The van der Waals surface area contributed by atoms with Crippen molar-refractivity contribution in [2.75, 3.05) is 20.1 Å². The Hall–Kier alpha value is -1.71. The summed E-state index contributed by atoms with van der Waals surface area (Å²) < 4.78 is 14.4. The minimum Gasteiger partial charge on any atom is -0.380 e. The second kappa shape index (κ2) is 6.19. The maximum atomic E-state index is 14.4. The second-order valence-corrected chi connectivity index (χ2v) is 6.19. The largest absolute Gasteiger partial charge is 0.380 e. The van der Waals surface area contributed by atoms with Crippen molar-refractivity contribution in [3.63, 3.8) is 0 Å². The van der Waals surface area contributed by atoms with Gasteiger partial charge in [-0.15, -0.1) is 0 Å². The molecule has 0 radical (unpaired) electrons. The van der Waals surface area contributed by atoms with Crippen LogP contribution in [0.5, 0.6) is 0 Å². The molecule has 3 rings (SSSR count). The van der Waals surface area contributed by atoms with Gasteiger partial charge >= 0.3 is 0 Å². The number of piperidine rings is 1. The van der Waals surface area contributed by atoms with Gasteiger partial charge in [0.05, 0.1) is 0 Å². The van der Waals surface area contributed by atoms with E-state index >= 15 is 0 Å². The molecule has 0 bridgehead atoms. The molecule has 2 nitrogen and oxygen atoms in total. The third kappa shape index (κ3) is 2.67. The number of halogens is 1. The van der Waals surface area contributed by atoms with E-state index in [1.54, 1.807) is 18.2 Å². The Bertz CT molecular complexity index is 622. The Balaban J connectivity index is 2.09. The molecule has 0 amide bonds. The highest BCUT2D eigenvalue weighted by Gasteiger charge is 2.42. The summed E-state index contributed by atoms with van der Waals surface area (Å²) in [5, 5.41) is 11.6. The molecule has 0 aromatic heterocycles. The fraction of sp³-hybridized carbons (Fsp3) is 0.368. The van der Waals surface area contributed by atoms with E-state index in [9.17, 15) is 9.50 Å². The first-order valence-electron chi connectivity index (χ1n) is 7.84. The Kier molecular flexibility index (Phi) is 4.27. The summed E-state index contributed by atoms with van der Waals surface area (Å²) in [5.41, 5.74) is -0.112. The van der Waals surface area contributed by atoms with Crippen LogP contribution in [0.15, 0.2) is 54.6 Å². The number of hydrogen-bond acceptors (Lipinski definition) is 2. The van der Waals surface area contributed by atoms with E-state index in [1.165, 1.54) is 6.07 Å². The van der Waals surface area contributed by atoms with Gasteiger partial charge in [-0.3, -0.25) is 0 Å². The van der Waals surface area contributed by atoms with Crippen molar-refractivity contribution in [2.24, 2.45) is 5.92 Å². The quantitative estimate of drug-likeness (QED) is 0.939. The van der Waals surface area contributed by atoms with Gasteiger partial charge in [-0.05, 0) is 50.5 Å². The van der Waals surface area contributed by atoms with Gasteiger partial charge in [-0.2, -0.15) is 0 Å². The first kappa shape index (κ1) is 15.2. The minimum atomic E-state index is -1.27. The first-order valence-corrected chi connectivity index (χ1v) is 7.84. The lowest BCUT2D eigenvalue weighted by molar-refractivity contribution is -0.0135. The summed E-state index contributed by atoms with van der Waals surface area (Å²) in [7, 11) is 2.08. The van der Waals surface area contributed by atoms with E-state index < -0.39 is 5.60 Å². The SMILES string of the molecule is CN1CCC(C(O)(c2ccccc2)c2ccccc2F)CC1.